The van der Waals surface area contributed by atoms with E-state index < -0.39 is 0 Å². The van der Waals surface area contributed by atoms with Crippen molar-refractivity contribution in [2.45, 2.75) is 0 Å². The topological polar surface area (TPSA) is 75.4 Å². The molecule has 4 nitrogen and oxygen atoms in total. The third kappa shape index (κ3) is 2.55. The molecule has 17 heavy (non-hydrogen) atoms. The Bertz CT molecular complexity index is 535. The summed E-state index contributed by atoms with van der Waals surface area (Å²) >= 11 is 0. The molecule has 2 aromatic carbocycles. The maximum Gasteiger partial charge on any atom is 0.257 e. The van der Waals surface area contributed by atoms with Crippen LogP contribution in [-0.4, -0.2) is 11.0 Å². The fourth-order valence-corrected chi connectivity index (χ4v) is 1.45. The first-order chi connectivity index (χ1) is 8.16. The first-order valence-electron chi connectivity index (χ1n) is 5.12. The minimum absolute atomic E-state index is 0.155. The van der Waals surface area contributed by atoms with Crippen molar-refractivity contribution in [2.24, 2.45) is 0 Å². The van der Waals surface area contributed by atoms with Gasteiger partial charge in [0.15, 0.2) is 0 Å². The number of phenols is 1. The zero-order valence-corrected chi connectivity index (χ0v) is 9.05. The summed E-state index contributed by atoms with van der Waals surface area (Å²) in [6.07, 6.45) is 0. The normalized spacial score (nSPS) is 9.88. The summed E-state index contributed by atoms with van der Waals surface area (Å²) in [5, 5.41) is 11.8. The minimum Gasteiger partial charge on any atom is -0.508 e. The van der Waals surface area contributed by atoms with Gasteiger partial charge in [0.25, 0.3) is 5.91 Å². The average Bonchev–Trinajstić information content (AvgIpc) is 2.32. The molecule has 4 N–H and O–H groups in total. The molecule has 0 aromatic heterocycles. The van der Waals surface area contributed by atoms with Gasteiger partial charge in [-0.1, -0.05) is 12.1 Å². The Morgan fingerprint density at radius 2 is 1.71 bits per heavy atom. The van der Waals surface area contributed by atoms with E-state index in [9.17, 15) is 4.79 Å². The lowest BCUT2D eigenvalue weighted by Crippen LogP contribution is -2.13. The fourth-order valence-electron chi connectivity index (χ4n) is 1.45. The first-order valence-corrected chi connectivity index (χ1v) is 5.12. The summed E-state index contributed by atoms with van der Waals surface area (Å²) in [5.74, 6) is -0.115. The van der Waals surface area contributed by atoms with Crippen molar-refractivity contribution in [3.05, 3.63) is 54.1 Å². The van der Waals surface area contributed by atoms with Gasteiger partial charge in [0.05, 0.1) is 5.56 Å². The van der Waals surface area contributed by atoms with Gasteiger partial charge in [0, 0.05) is 11.4 Å². The van der Waals surface area contributed by atoms with Gasteiger partial charge in [-0.25, -0.2) is 0 Å². The fraction of sp³-hybridized carbons (Fsp3) is 0. The third-order valence-corrected chi connectivity index (χ3v) is 2.33. The van der Waals surface area contributed by atoms with Crippen molar-refractivity contribution in [3.63, 3.8) is 0 Å². The number of nitrogens with one attached hydrogen (secondary N) is 1. The van der Waals surface area contributed by atoms with Crippen molar-refractivity contribution >= 4 is 17.3 Å². The Balaban J connectivity index is 2.17. The second-order valence-corrected chi connectivity index (χ2v) is 3.59. The molecule has 0 spiro atoms. The van der Waals surface area contributed by atoms with Crippen LogP contribution >= 0.6 is 0 Å². The molecule has 4 heteroatoms. The maximum absolute atomic E-state index is 11.9. The Labute approximate surface area is 98.7 Å². The highest BCUT2D eigenvalue weighted by Crippen LogP contribution is 2.16. The molecule has 0 saturated carbocycles. The second-order valence-electron chi connectivity index (χ2n) is 3.59. The molecule has 0 fully saturated rings. The molecule has 0 atom stereocenters. The van der Waals surface area contributed by atoms with Gasteiger partial charge in [0.1, 0.15) is 5.75 Å². The van der Waals surface area contributed by atoms with Gasteiger partial charge >= 0.3 is 0 Å². The van der Waals surface area contributed by atoms with Gasteiger partial charge in [-0.15, -0.1) is 0 Å². The van der Waals surface area contributed by atoms with Gasteiger partial charge in [-0.2, -0.15) is 0 Å². The summed E-state index contributed by atoms with van der Waals surface area (Å²) < 4.78 is 0. The van der Waals surface area contributed by atoms with Crippen LogP contribution in [0.5, 0.6) is 5.75 Å². The van der Waals surface area contributed by atoms with E-state index in [0.717, 1.165) is 0 Å². The van der Waals surface area contributed by atoms with Crippen LogP contribution in [0.25, 0.3) is 0 Å². The molecule has 0 saturated heterocycles. The van der Waals surface area contributed by atoms with E-state index in [4.69, 9.17) is 10.8 Å². The van der Waals surface area contributed by atoms with E-state index in [1.165, 1.54) is 12.1 Å². The number of benzene rings is 2. The SMILES string of the molecule is Nc1ccccc1C(=O)Nc1ccc(O)cc1. The number of para-hydroxylation sites is 1. The summed E-state index contributed by atoms with van der Waals surface area (Å²) in [7, 11) is 0. The quantitative estimate of drug-likeness (QED) is 0.545. The summed E-state index contributed by atoms with van der Waals surface area (Å²) in [4.78, 5) is 11.9. The van der Waals surface area contributed by atoms with Gasteiger partial charge in [-0.3, -0.25) is 4.79 Å². The lowest BCUT2D eigenvalue weighted by atomic mass is 10.1. The van der Waals surface area contributed by atoms with Crippen molar-refractivity contribution in [1.29, 1.82) is 0 Å². The van der Waals surface area contributed by atoms with Crippen LogP contribution in [0.3, 0.4) is 0 Å². The number of hydrogen-bond acceptors (Lipinski definition) is 3. The second kappa shape index (κ2) is 4.57. The molecule has 86 valence electrons. The summed E-state index contributed by atoms with van der Waals surface area (Å²) in [6.45, 7) is 0. The van der Waals surface area contributed by atoms with E-state index in [0.29, 0.717) is 16.9 Å². The van der Waals surface area contributed by atoms with Crippen LogP contribution in [-0.2, 0) is 0 Å². The van der Waals surface area contributed by atoms with E-state index >= 15 is 0 Å². The standard InChI is InChI=1S/C13H12N2O2/c14-12-4-2-1-3-11(12)13(17)15-9-5-7-10(16)8-6-9/h1-8,16H,14H2,(H,15,17). The molecule has 0 aliphatic heterocycles. The van der Waals surface area contributed by atoms with Crippen LogP contribution in [0.4, 0.5) is 11.4 Å². The number of hydrogen-bond donors (Lipinski definition) is 3. The van der Waals surface area contributed by atoms with Crippen LogP contribution in [0.2, 0.25) is 0 Å². The Kier molecular flexibility index (Phi) is 2.96. The monoisotopic (exact) mass is 228 g/mol. The summed E-state index contributed by atoms with van der Waals surface area (Å²) in [5.41, 5.74) is 7.17. The molecule has 0 unspecified atom stereocenters. The number of nitrogen functional groups attached to an aromatic ring is 1. The highest BCUT2D eigenvalue weighted by Gasteiger charge is 2.08. The Morgan fingerprint density at radius 1 is 1.06 bits per heavy atom. The highest BCUT2D eigenvalue weighted by atomic mass is 16.3. The molecular formula is C13H12N2O2. The van der Waals surface area contributed by atoms with Crippen molar-refractivity contribution in [1.82, 2.24) is 0 Å². The number of nitrogens with two attached hydrogens (primary N) is 1. The van der Waals surface area contributed by atoms with Gasteiger partial charge < -0.3 is 16.2 Å². The van der Waals surface area contributed by atoms with E-state index in [1.807, 2.05) is 0 Å². The van der Waals surface area contributed by atoms with E-state index in [-0.39, 0.29) is 11.7 Å². The first kappa shape index (κ1) is 11.0. The Hall–Kier alpha value is -2.49. The van der Waals surface area contributed by atoms with E-state index in [1.54, 1.807) is 36.4 Å². The molecule has 0 bridgehead atoms. The Morgan fingerprint density at radius 3 is 2.35 bits per heavy atom. The smallest absolute Gasteiger partial charge is 0.257 e. The number of carbonyl (C=O) groups excluding carboxylic acids is 1. The van der Waals surface area contributed by atoms with Crippen LogP contribution in [0.15, 0.2) is 48.5 Å². The largest absolute Gasteiger partial charge is 0.508 e. The van der Waals surface area contributed by atoms with Crippen molar-refractivity contribution in [2.75, 3.05) is 11.1 Å². The van der Waals surface area contributed by atoms with Gasteiger partial charge in [-0.05, 0) is 36.4 Å². The molecule has 1 amide bonds. The molecule has 2 rings (SSSR count). The molecule has 0 radical (unpaired) electrons. The molecule has 2 aromatic rings. The van der Waals surface area contributed by atoms with Crippen molar-refractivity contribution in [3.8, 4) is 5.75 Å². The lowest BCUT2D eigenvalue weighted by molar-refractivity contribution is 0.102. The van der Waals surface area contributed by atoms with E-state index in [2.05, 4.69) is 5.32 Å². The van der Waals surface area contributed by atoms with Crippen molar-refractivity contribution < 1.29 is 9.90 Å². The number of amides is 1. The summed E-state index contributed by atoms with van der Waals surface area (Å²) in [6, 6.07) is 13.1. The van der Waals surface area contributed by atoms with Crippen LogP contribution in [0, 0.1) is 0 Å². The predicted octanol–water partition coefficient (Wildman–Crippen LogP) is 2.23. The van der Waals surface area contributed by atoms with Crippen LogP contribution < -0.4 is 11.1 Å². The number of anilines is 2. The minimum atomic E-state index is -0.270. The molecule has 0 aliphatic rings. The van der Waals surface area contributed by atoms with Crippen LogP contribution in [0.1, 0.15) is 10.4 Å². The molecule has 0 heterocycles. The molecule has 0 aliphatic carbocycles. The number of aromatic hydroxyl groups is 1. The maximum atomic E-state index is 11.9. The lowest BCUT2D eigenvalue weighted by Gasteiger charge is -2.07. The predicted molar refractivity (Wildman–Crippen MR) is 66.9 cm³/mol. The highest BCUT2D eigenvalue weighted by molar-refractivity contribution is 6.07. The van der Waals surface area contributed by atoms with Gasteiger partial charge in [0.2, 0.25) is 0 Å². The zero-order chi connectivity index (χ0) is 12.3. The third-order valence-electron chi connectivity index (χ3n) is 2.33. The zero-order valence-electron chi connectivity index (χ0n) is 9.05. The number of rotatable bonds is 2. The average molecular weight is 228 g/mol. The number of phenolic OH excluding ortho intramolecular Hbond substituents is 1. The number of carbonyl (C=O) groups is 1. The molecular weight excluding hydrogens is 216 g/mol.